The molecule has 7 nitrogen and oxygen atoms in total. The zero-order valence-electron chi connectivity index (χ0n) is 15.5. The molecule has 1 aliphatic carbocycles. The molecule has 2 aromatic heterocycles. The Morgan fingerprint density at radius 2 is 2.07 bits per heavy atom. The molecule has 0 radical (unpaired) electrons. The molecule has 2 unspecified atom stereocenters. The van der Waals surface area contributed by atoms with Gasteiger partial charge in [0.05, 0.1) is 31.2 Å². The molecule has 1 N–H and O–H groups in total. The van der Waals surface area contributed by atoms with Crippen LogP contribution in [0.2, 0.25) is 5.15 Å². The van der Waals surface area contributed by atoms with Gasteiger partial charge in [-0.2, -0.15) is 0 Å². The summed E-state index contributed by atoms with van der Waals surface area (Å²) < 4.78 is 5.23. The van der Waals surface area contributed by atoms with Gasteiger partial charge in [-0.1, -0.05) is 11.6 Å². The van der Waals surface area contributed by atoms with Gasteiger partial charge < -0.3 is 10.1 Å². The van der Waals surface area contributed by atoms with E-state index >= 15 is 0 Å². The molecule has 2 fully saturated rings. The topological polar surface area (TPSA) is 84.4 Å². The lowest BCUT2D eigenvalue weighted by atomic mass is 10.1. The molecule has 4 heterocycles. The largest absolute Gasteiger partial charge is 0.495 e. The van der Waals surface area contributed by atoms with E-state index in [4.69, 9.17) is 16.3 Å². The summed E-state index contributed by atoms with van der Waals surface area (Å²) in [7, 11) is 1.55. The van der Waals surface area contributed by atoms with Gasteiger partial charge in [-0.05, 0) is 42.5 Å². The molecule has 2 atom stereocenters. The first-order valence-corrected chi connectivity index (χ1v) is 10.5. The minimum absolute atomic E-state index is 0.267. The zero-order valence-corrected chi connectivity index (χ0v) is 17.0. The fourth-order valence-corrected chi connectivity index (χ4v) is 5.12. The van der Waals surface area contributed by atoms with Crippen molar-refractivity contribution >= 4 is 45.9 Å². The second-order valence-corrected chi connectivity index (χ2v) is 8.72. The zero-order chi connectivity index (χ0) is 20.1. The lowest BCUT2D eigenvalue weighted by Gasteiger charge is -2.33. The van der Waals surface area contributed by atoms with Gasteiger partial charge >= 0.3 is 6.03 Å². The normalized spacial score (nSPS) is 23.5. The monoisotopic (exact) mass is 428 g/mol. The SMILES string of the molecule is COc1cnc(Cl)c(C2=CC3NC(=O)N(c4cncc(C5CC5)c4)C(=O)C3S2)c1. The molecule has 5 rings (SSSR count). The number of carbonyl (C=O) groups excluding carboxylic acids is 2. The summed E-state index contributed by atoms with van der Waals surface area (Å²) in [6, 6.07) is 2.81. The minimum atomic E-state index is -0.477. The lowest BCUT2D eigenvalue weighted by molar-refractivity contribution is -0.118. The Balaban J connectivity index is 1.43. The van der Waals surface area contributed by atoms with E-state index in [1.165, 1.54) is 22.9 Å². The summed E-state index contributed by atoms with van der Waals surface area (Å²) in [6.07, 6.45) is 8.98. The maximum absolute atomic E-state index is 13.2. The van der Waals surface area contributed by atoms with Crippen LogP contribution < -0.4 is 15.0 Å². The van der Waals surface area contributed by atoms with Crippen molar-refractivity contribution in [2.24, 2.45) is 0 Å². The standard InChI is InChI=1S/C20H17ClN4O3S/c1-28-13-5-14(18(21)23-9-13)16-6-15-17(29-16)19(26)25(20(27)24-15)12-4-11(7-22-8-12)10-2-3-10/h4-10,15,17H,2-3H2,1H3,(H,24,27). The van der Waals surface area contributed by atoms with Crippen LogP contribution in [0, 0.1) is 0 Å². The predicted octanol–water partition coefficient (Wildman–Crippen LogP) is 3.60. The smallest absolute Gasteiger partial charge is 0.329 e. The highest BCUT2D eigenvalue weighted by atomic mass is 35.5. The number of ether oxygens (including phenoxy) is 1. The average molecular weight is 429 g/mol. The average Bonchev–Trinajstić information content (AvgIpc) is 3.49. The Bertz CT molecular complexity index is 1060. The summed E-state index contributed by atoms with van der Waals surface area (Å²) in [5.41, 5.74) is 2.25. The number of hydrogen-bond donors (Lipinski definition) is 1. The molecule has 0 aromatic carbocycles. The van der Waals surface area contributed by atoms with Gasteiger partial charge in [-0.3, -0.25) is 9.78 Å². The first-order valence-electron chi connectivity index (χ1n) is 9.23. The van der Waals surface area contributed by atoms with Crippen LogP contribution in [-0.4, -0.2) is 40.3 Å². The van der Waals surface area contributed by atoms with E-state index in [0.717, 1.165) is 23.3 Å². The van der Waals surface area contributed by atoms with Crippen LogP contribution in [0.4, 0.5) is 10.5 Å². The highest BCUT2D eigenvalue weighted by molar-refractivity contribution is 8.09. The van der Waals surface area contributed by atoms with Crippen molar-refractivity contribution in [2.45, 2.75) is 30.1 Å². The highest BCUT2D eigenvalue weighted by Gasteiger charge is 2.45. The number of rotatable bonds is 4. The number of fused-ring (bicyclic) bond motifs is 1. The van der Waals surface area contributed by atoms with Crippen LogP contribution in [0.5, 0.6) is 5.75 Å². The molecule has 0 spiro atoms. The molecule has 2 aliphatic heterocycles. The molecule has 1 saturated heterocycles. The Morgan fingerprint density at radius 3 is 2.83 bits per heavy atom. The summed E-state index contributed by atoms with van der Waals surface area (Å²) in [5.74, 6) is 0.785. The van der Waals surface area contributed by atoms with E-state index in [2.05, 4.69) is 15.3 Å². The van der Waals surface area contributed by atoms with Crippen molar-refractivity contribution in [3.63, 3.8) is 0 Å². The number of anilines is 1. The molecule has 1 saturated carbocycles. The third-order valence-corrected chi connectivity index (χ3v) is 6.90. The van der Waals surface area contributed by atoms with Crippen molar-refractivity contribution in [1.29, 1.82) is 0 Å². The molecule has 3 amide bonds. The second kappa shape index (κ2) is 7.03. The number of nitrogens with one attached hydrogen (secondary N) is 1. The van der Waals surface area contributed by atoms with Crippen LogP contribution in [0.3, 0.4) is 0 Å². The Morgan fingerprint density at radius 1 is 1.24 bits per heavy atom. The van der Waals surface area contributed by atoms with Crippen molar-refractivity contribution in [1.82, 2.24) is 15.3 Å². The van der Waals surface area contributed by atoms with Gasteiger partial charge in [0.1, 0.15) is 16.2 Å². The molecule has 29 heavy (non-hydrogen) atoms. The van der Waals surface area contributed by atoms with Crippen LogP contribution in [0.1, 0.15) is 29.9 Å². The highest BCUT2D eigenvalue weighted by Crippen LogP contribution is 2.45. The Kier molecular flexibility index (Phi) is 4.48. The van der Waals surface area contributed by atoms with Crippen molar-refractivity contribution in [2.75, 3.05) is 12.0 Å². The number of methoxy groups -OCH3 is 1. The van der Waals surface area contributed by atoms with Gasteiger partial charge in [0.15, 0.2) is 0 Å². The summed E-state index contributed by atoms with van der Waals surface area (Å²) >= 11 is 7.63. The molecular formula is C20H17ClN4O3S. The van der Waals surface area contributed by atoms with E-state index in [1.54, 1.807) is 25.6 Å². The van der Waals surface area contributed by atoms with Gasteiger partial charge in [0, 0.05) is 16.7 Å². The molecule has 0 bridgehead atoms. The number of hydrogen-bond acceptors (Lipinski definition) is 6. The number of amides is 3. The van der Waals surface area contributed by atoms with Gasteiger partial charge in [0.25, 0.3) is 5.91 Å². The van der Waals surface area contributed by atoms with Crippen LogP contribution in [0.25, 0.3) is 4.91 Å². The van der Waals surface area contributed by atoms with Gasteiger partial charge in [0.2, 0.25) is 0 Å². The van der Waals surface area contributed by atoms with Crippen molar-refractivity contribution < 1.29 is 14.3 Å². The quantitative estimate of drug-likeness (QED) is 0.749. The molecular weight excluding hydrogens is 412 g/mol. The fourth-order valence-electron chi connectivity index (χ4n) is 3.57. The summed E-state index contributed by atoms with van der Waals surface area (Å²) in [5, 5.41) is 2.76. The van der Waals surface area contributed by atoms with Gasteiger partial charge in [-0.15, -0.1) is 11.8 Å². The van der Waals surface area contributed by atoms with E-state index in [9.17, 15) is 9.59 Å². The minimum Gasteiger partial charge on any atom is -0.495 e. The Hall–Kier alpha value is -2.58. The van der Waals surface area contributed by atoms with Crippen molar-refractivity contribution in [3.8, 4) is 5.75 Å². The third kappa shape index (κ3) is 3.26. The molecule has 3 aliphatic rings. The third-order valence-electron chi connectivity index (χ3n) is 5.24. The van der Waals surface area contributed by atoms with E-state index in [0.29, 0.717) is 28.1 Å². The molecule has 2 aromatic rings. The summed E-state index contributed by atoms with van der Waals surface area (Å²) in [4.78, 5) is 36.3. The van der Waals surface area contributed by atoms with Crippen LogP contribution >= 0.6 is 23.4 Å². The molecule has 9 heteroatoms. The Labute approximate surface area is 176 Å². The first kappa shape index (κ1) is 18.4. The summed E-state index contributed by atoms with van der Waals surface area (Å²) in [6.45, 7) is 0. The predicted molar refractivity (Wildman–Crippen MR) is 111 cm³/mol. The maximum atomic E-state index is 13.2. The van der Waals surface area contributed by atoms with Crippen LogP contribution in [-0.2, 0) is 4.79 Å². The lowest BCUT2D eigenvalue weighted by Crippen LogP contribution is -2.60. The van der Waals surface area contributed by atoms with E-state index < -0.39 is 17.3 Å². The number of carbonyl (C=O) groups is 2. The van der Waals surface area contributed by atoms with Crippen molar-refractivity contribution in [3.05, 3.63) is 53.1 Å². The number of nitrogens with zero attached hydrogens (tertiary/aromatic N) is 3. The number of aromatic nitrogens is 2. The number of thioether (sulfide) groups is 1. The van der Waals surface area contributed by atoms with E-state index in [1.807, 2.05) is 12.1 Å². The molecule has 148 valence electrons. The first-order chi connectivity index (χ1) is 14.0. The van der Waals surface area contributed by atoms with E-state index in [-0.39, 0.29) is 5.91 Å². The maximum Gasteiger partial charge on any atom is 0.329 e. The van der Waals surface area contributed by atoms with Gasteiger partial charge in [-0.25, -0.2) is 14.7 Å². The number of imide groups is 1. The van der Waals surface area contributed by atoms with Crippen LogP contribution in [0.15, 0.2) is 36.8 Å². The number of pyridine rings is 2. The second-order valence-electron chi connectivity index (χ2n) is 7.18. The number of halogens is 1. The fraction of sp³-hybridized carbons (Fsp3) is 0.300. The number of urea groups is 1.